The summed E-state index contributed by atoms with van der Waals surface area (Å²) in [6, 6.07) is 8.77. The zero-order valence-electron chi connectivity index (χ0n) is 15.3. The van der Waals surface area contributed by atoms with E-state index in [1.807, 2.05) is 19.1 Å². The monoisotopic (exact) mass is 358 g/mol. The van der Waals surface area contributed by atoms with E-state index in [2.05, 4.69) is 25.1 Å². The van der Waals surface area contributed by atoms with Gasteiger partial charge in [-0.2, -0.15) is 0 Å². The largest absolute Gasteiger partial charge is 0.384 e. The van der Waals surface area contributed by atoms with E-state index < -0.39 is 0 Å². The summed E-state index contributed by atoms with van der Waals surface area (Å²) >= 11 is 0. The van der Waals surface area contributed by atoms with Crippen LogP contribution in [0.3, 0.4) is 0 Å². The summed E-state index contributed by atoms with van der Waals surface area (Å²) in [5.41, 5.74) is 6.51. The first-order valence-electron chi connectivity index (χ1n) is 9.25. The molecule has 3 N–H and O–H groups in total. The topological polar surface area (TPSA) is 70.3 Å². The summed E-state index contributed by atoms with van der Waals surface area (Å²) in [5, 5.41) is 3.32. The summed E-state index contributed by atoms with van der Waals surface area (Å²) < 4.78 is 13.9. The van der Waals surface area contributed by atoms with E-state index in [4.69, 9.17) is 5.73 Å². The molecule has 140 valence electrons. The predicted molar refractivity (Wildman–Crippen MR) is 104 cm³/mol. The van der Waals surface area contributed by atoms with Crippen LogP contribution in [0.1, 0.15) is 19.2 Å². The maximum Gasteiger partial charge on any atom is 0.146 e. The molecule has 7 heteroatoms. The van der Waals surface area contributed by atoms with E-state index >= 15 is 0 Å². The van der Waals surface area contributed by atoms with Crippen molar-refractivity contribution in [3.8, 4) is 0 Å². The Bertz CT molecular complexity index is 715. The molecule has 26 heavy (non-hydrogen) atoms. The first-order chi connectivity index (χ1) is 12.7. The molecule has 0 saturated carbocycles. The van der Waals surface area contributed by atoms with Crippen LogP contribution in [0.2, 0.25) is 0 Å². The third-order valence-electron chi connectivity index (χ3n) is 4.63. The number of aryl methyl sites for hydroxylation is 1. The maximum absolute atomic E-state index is 13.9. The molecular formula is C19H27FN6. The average molecular weight is 358 g/mol. The van der Waals surface area contributed by atoms with Crippen molar-refractivity contribution >= 4 is 17.3 Å². The molecule has 0 spiro atoms. The Morgan fingerprint density at radius 3 is 2.65 bits per heavy atom. The van der Waals surface area contributed by atoms with Crippen molar-refractivity contribution in [2.45, 2.75) is 19.8 Å². The van der Waals surface area contributed by atoms with E-state index in [0.29, 0.717) is 11.5 Å². The Hall–Kier alpha value is -2.41. The molecule has 0 aliphatic carbocycles. The third kappa shape index (κ3) is 4.82. The molecule has 1 aliphatic heterocycles. The first kappa shape index (κ1) is 18.4. The average Bonchev–Trinajstić information content (AvgIpc) is 2.66. The zero-order valence-corrected chi connectivity index (χ0v) is 15.3. The second-order valence-corrected chi connectivity index (χ2v) is 6.51. The molecule has 1 fully saturated rings. The highest BCUT2D eigenvalue weighted by molar-refractivity contribution is 5.48. The highest BCUT2D eigenvalue weighted by atomic mass is 19.1. The lowest BCUT2D eigenvalue weighted by atomic mass is 10.2. The molecule has 2 aromatic rings. The Balaban J connectivity index is 1.39. The number of benzene rings is 1. The van der Waals surface area contributed by atoms with Gasteiger partial charge in [0.05, 0.1) is 5.69 Å². The van der Waals surface area contributed by atoms with Gasteiger partial charge in [0.15, 0.2) is 0 Å². The minimum atomic E-state index is -0.138. The van der Waals surface area contributed by atoms with Gasteiger partial charge in [0.1, 0.15) is 23.3 Å². The molecule has 1 aromatic heterocycles. The van der Waals surface area contributed by atoms with Gasteiger partial charge in [0.25, 0.3) is 0 Å². The molecule has 6 nitrogen and oxygen atoms in total. The number of aromatic nitrogens is 2. The van der Waals surface area contributed by atoms with E-state index in [-0.39, 0.29) is 5.82 Å². The number of nitrogens with two attached hydrogens (primary N) is 1. The number of anilines is 3. The van der Waals surface area contributed by atoms with Crippen LogP contribution in [0.4, 0.5) is 21.7 Å². The lowest BCUT2D eigenvalue weighted by Gasteiger charge is -2.36. The van der Waals surface area contributed by atoms with Crippen molar-refractivity contribution in [3.05, 3.63) is 42.0 Å². The standard InChI is InChI=1S/C19H27FN6/c1-2-18-23-17(21)14-19(24-18)22-8-5-9-25-10-12-26(13-11-25)16-7-4-3-6-15(16)20/h3-4,6-7,14H,2,5,8-13H2,1H3,(H3,21,22,23,24). The van der Waals surface area contributed by atoms with Crippen molar-refractivity contribution in [2.75, 3.05) is 55.2 Å². The molecule has 2 heterocycles. The summed E-state index contributed by atoms with van der Waals surface area (Å²) in [5.74, 6) is 1.92. The van der Waals surface area contributed by atoms with Crippen molar-refractivity contribution in [2.24, 2.45) is 0 Å². The lowest BCUT2D eigenvalue weighted by Crippen LogP contribution is -2.47. The van der Waals surface area contributed by atoms with Crippen molar-refractivity contribution in [1.82, 2.24) is 14.9 Å². The van der Waals surface area contributed by atoms with Crippen molar-refractivity contribution in [3.63, 3.8) is 0 Å². The molecular weight excluding hydrogens is 331 g/mol. The molecule has 1 saturated heterocycles. The number of nitrogen functional groups attached to an aromatic ring is 1. The number of halogens is 1. The number of rotatable bonds is 7. The summed E-state index contributed by atoms with van der Waals surface area (Å²) in [6.45, 7) is 7.49. The van der Waals surface area contributed by atoms with Gasteiger partial charge >= 0.3 is 0 Å². The van der Waals surface area contributed by atoms with Crippen LogP contribution in [0.15, 0.2) is 30.3 Å². The molecule has 1 aromatic carbocycles. The fourth-order valence-corrected chi connectivity index (χ4v) is 3.21. The molecule has 0 radical (unpaired) electrons. The smallest absolute Gasteiger partial charge is 0.146 e. The number of hydrogen-bond acceptors (Lipinski definition) is 6. The Morgan fingerprint density at radius 2 is 1.92 bits per heavy atom. The number of nitrogens with one attached hydrogen (secondary N) is 1. The maximum atomic E-state index is 13.9. The van der Waals surface area contributed by atoms with Crippen molar-refractivity contribution < 1.29 is 4.39 Å². The van der Waals surface area contributed by atoms with Crippen LogP contribution in [-0.2, 0) is 6.42 Å². The quantitative estimate of drug-likeness (QED) is 0.741. The van der Waals surface area contributed by atoms with Gasteiger partial charge in [-0.3, -0.25) is 4.90 Å². The van der Waals surface area contributed by atoms with Gasteiger partial charge in [0.2, 0.25) is 0 Å². The van der Waals surface area contributed by atoms with Crippen LogP contribution >= 0.6 is 0 Å². The number of hydrogen-bond donors (Lipinski definition) is 2. The van der Waals surface area contributed by atoms with Gasteiger partial charge in [0, 0.05) is 45.2 Å². The molecule has 0 atom stereocenters. The zero-order chi connectivity index (χ0) is 18.4. The normalized spacial score (nSPS) is 15.2. The Kier molecular flexibility index (Phi) is 6.22. The molecule has 0 bridgehead atoms. The first-order valence-corrected chi connectivity index (χ1v) is 9.25. The van der Waals surface area contributed by atoms with Crippen molar-refractivity contribution in [1.29, 1.82) is 0 Å². The molecule has 3 rings (SSSR count). The van der Waals surface area contributed by atoms with Crippen LogP contribution < -0.4 is 16.0 Å². The fourth-order valence-electron chi connectivity index (χ4n) is 3.21. The lowest BCUT2D eigenvalue weighted by molar-refractivity contribution is 0.256. The molecule has 0 unspecified atom stereocenters. The third-order valence-corrected chi connectivity index (χ3v) is 4.63. The number of para-hydroxylation sites is 1. The Labute approximate surface area is 154 Å². The van der Waals surface area contributed by atoms with Crippen LogP contribution in [0, 0.1) is 5.82 Å². The van der Waals surface area contributed by atoms with Crippen LogP contribution in [0.5, 0.6) is 0 Å². The van der Waals surface area contributed by atoms with E-state index in [9.17, 15) is 4.39 Å². The highest BCUT2D eigenvalue weighted by Crippen LogP contribution is 2.20. The van der Waals surface area contributed by atoms with Gasteiger partial charge in [-0.05, 0) is 25.1 Å². The SMILES string of the molecule is CCc1nc(N)cc(NCCCN2CCN(c3ccccc3F)CC2)n1. The Morgan fingerprint density at radius 1 is 1.15 bits per heavy atom. The van der Waals surface area contributed by atoms with Crippen LogP contribution in [-0.4, -0.2) is 54.1 Å². The molecule has 0 amide bonds. The summed E-state index contributed by atoms with van der Waals surface area (Å²) in [4.78, 5) is 13.2. The molecule has 1 aliphatic rings. The highest BCUT2D eigenvalue weighted by Gasteiger charge is 2.18. The van der Waals surface area contributed by atoms with Gasteiger partial charge < -0.3 is 16.0 Å². The fraction of sp³-hybridized carbons (Fsp3) is 0.474. The van der Waals surface area contributed by atoms with E-state index in [1.54, 1.807) is 12.1 Å². The van der Waals surface area contributed by atoms with Gasteiger partial charge in [-0.15, -0.1) is 0 Å². The van der Waals surface area contributed by atoms with Gasteiger partial charge in [-0.25, -0.2) is 14.4 Å². The number of nitrogens with zero attached hydrogens (tertiary/aromatic N) is 4. The van der Waals surface area contributed by atoms with E-state index in [0.717, 1.165) is 63.8 Å². The second kappa shape index (κ2) is 8.80. The second-order valence-electron chi connectivity index (χ2n) is 6.51. The van der Waals surface area contributed by atoms with Crippen LogP contribution in [0.25, 0.3) is 0 Å². The van der Waals surface area contributed by atoms with Gasteiger partial charge in [-0.1, -0.05) is 19.1 Å². The number of piperazine rings is 1. The minimum Gasteiger partial charge on any atom is -0.384 e. The minimum absolute atomic E-state index is 0.138. The van der Waals surface area contributed by atoms with E-state index in [1.165, 1.54) is 6.07 Å². The summed E-state index contributed by atoms with van der Waals surface area (Å²) in [6.07, 6.45) is 1.79. The predicted octanol–water partition coefficient (Wildman–Crippen LogP) is 2.38. The summed E-state index contributed by atoms with van der Waals surface area (Å²) in [7, 11) is 0.